The highest BCUT2D eigenvalue weighted by Gasteiger charge is 2.27. The Hall–Kier alpha value is -2.34. The van der Waals surface area contributed by atoms with E-state index in [1.807, 2.05) is 41.6 Å². The molecule has 1 unspecified atom stereocenters. The molecule has 1 fully saturated rings. The Labute approximate surface area is 148 Å². The van der Waals surface area contributed by atoms with Gasteiger partial charge >= 0.3 is 0 Å². The fraction of sp³-hybridized carbons (Fsp3) is 0.474. The number of hydrogen-bond donors (Lipinski definition) is 1. The van der Waals surface area contributed by atoms with Crippen molar-refractivity contribution in [2.75, 3.05) is 19.6 Å². The summed E-state index contributed by atoms with van der Waals surface area (Å²) in [4.78, 5) is 18.7. The highest BCUT2D eigenvalue weighted by atomic mass is 16.5. The highest BCUT2D eigenvalue weighted by molar-refractivity contribution is 5.77. The van der Waals surface area contributed by atoms with Gasteiger partial charge in [0, 0.05) is 45.0 Å². The summed E-state index contributed by atoms with van der Waals surface area (Å²) in [6.07, 6.45) is 6.01. The largest absolute Gasteiger partial charge is 0.491 e. The number of imidazole rings is 1. The van der Waals surface area contributed by atoms with Gasteiger partial charge in [0.25, 0.3) is 0 Å². The van der Waals surface area contributed by atoms with Gasteiger partial charge in [-0.3, -0.25) is 4.79 Å². The summed E-state index contributed by atoms with van der Waals surface area (Å²) in [5.74, 6) is 1.04. The fourth-order valence-corrected chi connectivity index (χ4v) is 3.13. The molecule has 2 heterocycles. The van der Waals surface area contributed by atoms with Crippen LogP contribution >= 0.6 is 0 Å². The minimum atomic E-state index is 0.0668. The quantitative estimate of drug-likeness (QED) is 0.875. The van der Waals surface area contributed by atoms with Crippen molar-refractivity contribution in [3.63, 3.8) is 0 Å². The molecule has 2 aromatic rings. The van der Waals surface area contributed by atoms with Gasteiger partial charge in [0.05, 0.1) is 18.5 Å². The number of aromatic nitrogens is 2. The van der Waals surface area contributed by atoms with E-state index in [0.29, 0.717) is 13.0 Å². The van der Waals surface area contributed by atoms with Gasteiger partial charge in [-0.15, -0.1) is 0 Å². The maximum atomic E-state index is 12.7. The predicted octanol–water partition coefficient (Wildman–Crippen LogP) is 2.23. The lowest BCUT2D eigenvalue weighted by Gasteiger charge is -2.36. The standard InChI is InChI=1S/C19H26N4O2/c1-15(2)25-17-5-3-16(4-6-17)18-13-20-9-12-23(18)19(24)7-10-22-11-8-21-14-22/h3-6,8,11,14-15,18,20H,7,9-10,12-13H2,1-2H3. The van der Waals surface area contributed by atoms with Crippen molar-refractivity contribution in [1.29, 1.82) is 0 Å². The molecule has 1 amide bonds. The minimum Gasteiger partial charge on any atom is -0.491 e. The SMILES string of the molecule is CC(C)Oc1ccc(C2CNCCN2C(=O)CCn2ccnc2)cc1. The lowest BCUT2D eigenvalue weighted by molar-refractivity contribution is -0.134. The lowest BCUT2D eigenvalue weighted by atomic mass is 10.0. The van der Waals surface area contributed by atoms with Crippen molar-refractivity contribution in [3.05, 3.63) is 48.5 Å². The van der Waals surface area contributed by atoms with E-state index in [-0.39, 0.29) is 18.1 Å². The molecule has 25 heavy (non-hydrogen) atoms. The third-order valence-electron chi connectivity index (χ3n) is 4.34. The van der Waals surface area contributed by atoms with Gasteiger partial charge in [0.15, 0.2) is 0 Å². The first kappa shape index (κ1) is 17.5. The lowest BCUT2D eigenvalue weighted by Crippen LogP contribution is -2.48. The molecule has 1 saturated heterocycles. The van der Waals surface area contributed by atoms with E-state index in [0.717, 1.165) is 30.9 Å². The Balaban J connectivity index is 1.66. The molecule has 0 bridgehead atoms. The third kappa shape index (κ3) is 4.60. The number of aryl methyl sites for hydroxylation is 1. The summed E-state index contributed by atoms with van der Waals surface area (Å²) in [5, 5.41) is 3.39. The molecule has 6 nitrogen and oxygen atoms in total. The van der Waals surface area contributed by atoms with Crippen molar-refractivity contribution >= 4 is 5.91 Å². The second-order valence-corrected chi connectivity index (χ2v) is 6.59. The van der Waals surface area contributed by atoms with Gasteiger partial charge in [-0.25, -0.2) is 4.98 Å². The van der Waals surface area contributed by atoms with E-state index >= 15 is 0 Å². The maximum Gasteiger partial charge on any atom is 0.224 e. The van der Waals surface area contributed by atoms with Crippen LogP contribution in [0.2, 0.25) is 0 Å². The molecule has 1 atom stereocenters. The highest BCUT2D eigenvalue weighted by Crippen LogP contribution is 2.25. The number of piperazine rings is 1. The Morgan fingerprint density at radius 3 is 2.84 bits per heavy atom. The molecule has 3 rings (SSSR count). The summed E-state index contributed by atoms with van der Waals surface area (Å²) in [5.41, 5.74) is 1.14. The van der Waals surface area contributed by atoms with Crippen LogP contribution in [0.1, 0.15) is 31.9 Å². The average molecular weight is 342 g/mol. The molecule has 1 N–H and O–H groups in total. The average Bonchev–Trinajstić information content (AvgIpc) is 3.13. The number of carbonyl (C=O) groups excluding carboxylic acids is 1. The molecule has 0 saturated carbocycles. The van der Waals surface area contributed by atoms with Crippen LogP contribution in [0.4, 0.5) is 0 Å². The van der Waals surface area contributed by atoms with Crippen molar-refractivity contribution in [3.8, 4) is 5.75 Å². The van der Waals surface area contributed by atoms with Crippen molar-refractivity contribution in [2.45, 2.75) is 39.0 Å². The molecule has 1 aromatic carbocycles. The molecular formula is C19H26N4O2. The number of carbonyl (C=O) groups is 1. The van der Waals surface area contributed by atoms with Crippen molar-refractivity contribution in [1.82, 2.24) is 19.8 Å². The molecule has 1 aliphatic heterocycles. The Morgan fingerprint density at radius 1 is 1.36 bits per heavy atom. The number of hydrogen-bond acceptors (Lipinski definition) is 4. The molecule has 0 radical (unpaired) electrons. The van der Waals surface area contributed by atoms with E-state index in [1.54, 1.807) is 12.5 Å². The Morgan fingerprint density at radius 2 is 2.16 bits per heavy atom. The smallest absolute Gasteiger partial charge is 0.224 e. The summed E-state index contributed by atoms with van der Waals surface area (Å²) >= 11 is 0. The van der Waals surface area contributed by atoms with Crippen LogP contribution in [0, 0.1) is 0 Å². The number of ether oxygens (including phenoxy) is 1. The molecule has 1 aliphatic rings. The second-order valence-electron chi connectivity index (χ2n) is 6.59. The van der Waals surface area contributed by atoms with Crippen LogP contribution in [-0.2, 0) is 11.3 Å². The van der Waals surface area contributed by atoms with Gasteiger partial charge < -0.3 is 19.5 Å². The van der Waals surface area contributed by atoms with Crippen LogP contribution in [0.15, 0.2) is 43.0 Å². The number of nitrogens with one attached hydrogen (secondary N) is 1. The number of rotatable bonds is 6. The van der Waals surface area contributed by atoms with E-state index < -0.39 is 0 Å². The van der Waals surface area contributed by atoms with E-state index in [2.05, 4.69) is 22.4 Å². The van der Waals surface area contributed by atoms with Crippen LogP contribution in [-0.4, -0.2) is 46.1 Å². The third-order valence-corrected chi connectivity index (χ3v) is 4.34. The van der Waals surface area contributed by atoms with Crippen LogP contribution < -0.4 is 10.1 Å². The molecule has 1 aromatic heterocycles. The van der Waals surface area contributed by atoms with E-state index in [1.165, 1.54) is 0 Å². The van der Waals surface area contributed by atoms with Crippen LogP contribution in [0.5, 0.6) is 5.75 Å². The zero-order chi connectivity index (χ0) is 17.6. The molecule has 0 aliphatic carbocycles. The molecule has 0 spiro atoms. The van der Waals surface area contributed by atoms with Gasteiger partial charge in [-0.1, -0.05) is 12.1 Å². The molecule has 134 valence electrons. The molecule has 6 heteroatoms. The number of nitrogens with zero attached hydrogens (tertiary/aromatic N) is 3. The minimum absolute atomic E-state index is 0.0668. The number of amides is 1. The fourth-order valence-electron chi connectivity index (χ4n) is 3.13. The summed E-state index contributed by atoms with van der Waals surface area (Å²) in [7, 11) is 0. The monoisotopic (exact) mass is 342 g/mol. The predicted molar refractivity (Wildman–Crippen MR) is 96.4 cm³/mol. The van der Waals surface area contributed by atoms with Gasteiger partial charge in [-0.2, -0.15) is 0 Å². The van der Waals surface area contributed by atoms with E-state index in [9.17, 15) is 4.79 Å². The first-order valence-electron chi connectivity index (χ1n) is 8.86. The first-order valence-corrected chi connectivity index (χ1v) is 8.86. The summed E-state index contributed by atoms with van der Waals surface area (Å²) in [6.45, 7) is 7.04. The van der Waals surface area contributed by atoms with Gasteiger partial charge in [-0.05, 0) is 31.5 Å². The number of benzene rings is 1. The van der Waals surface area contributed by atoms with Gasteiger partial charge in [0.1, 0.15) is 5.75 Å². The first-order chi connectivity index (χ1) is 12.1. The van der Waals surface area contributed by atoms with Crippen molar-refractivity contribution in [2.24, 2.45) is 0 Å². The van der Waals surface area contributed by atoms with E-state index in [4.69, 9.17) is 4.74 Å². The topological polar surface area (TPSA) is 59.4 Å². The zero-order valence-corrected chi connectivity index (χ0v) is 14.9. The Kier molecular flexibility index (Phi) is 5.71. The Bertz CT molecular complexity index is 667. The van der Waals surface area contributed by atoms with Crippen LogP contribution in [0.3, 0.4) is 0 Å². The van der Waals surface area contributed by atoms with Crippen LogP contribution in [0.25, 0.3) is 0 Å². The normalized spacial score (nSPS) is 17.7. The maximum absolute atomic E-state index is 12.7. The summed E-state index contributed by atoms with van der Waals surface area (Å²) in [6, 6.07) is 8.16. The van der Waals surface area contributed by atoms with Crippen molar-refractivity contribution < 1.29 is 9.53 Å². The second kappa shape index (κ2) is 8.16. The molecular weight excluding hydrogens is 316 g/mol. The van der Waals surface area contributed by atoms with Gasteiger partial charge in [0.2, 0.25) is 5.91 Å². The summed E-state index contributed by atoms with van der Waals surface area (Å²) < 4.78 is 7.64. The zero-order valence-electron chi connectivity index (χ0n) is 14.9.